The number of aromatic nitrogens is 3. The average molecular weight is 466 g/mol. The SMILES string of the molecule is COCC(O)CO[C@@H]1O[C@H](Cn2cc(-c3cccc(OC)c3)nn2)[C@H](O)[C@H](O)[C@H]1NC(C)=O. The molecule has 1 saturated heterocycles. The molecule has 33 heavy (non-hydrogen) atoms. The van der Waals surface area contributed by atoms with Gasteiger partial charge in [0.15, 0.2) is 6.29 Å². The standard InChI is InChI=1S/C21H30N4O8/c1-12(26)22-18-20(29)19(28)17(33-21(18)32-11-14(27)10-30-2)9-25-8-16(23-24-25)13-5-4-6-15(7-13)31-3/h4-8,14,17-21,27-29H,9-11H2,1-3H3,(H,22,26)/t14?,17-,18-,19+,20-,21-/m1/s1. The molecular weight excluding hydrogens is 436 g/mol. The summed E-state index contributed by atoms with van der Waals surface area (Å²) in [6.07, 6.45) is -4.01. The van der Waals surface area contributed by atoms with Gasteiger partial charge in [0.1, 0.15) is 41.9 Å². The Morgan fingerprint density at radius 1 is 1.27 bits per heavy atom. The summed E-state index contributed by atoms with van der Waals surface area (Å²) in [5.74, 6) is 0.245. The number of amides is 1. The van der Waals surface area contributed by atoms with Crippen LogP contribution < -0.4 is 10.1 Å². The maximum absolute atomic E-state index is 11.6. The summed E-state index contributed by atoms with van der Waals surface area (Å²) < 4.78 is 23.0. The minimum atomic E-state index is -1.38. The maximum Gasteiger partial charge on any atom is 0.217 e. The van der Waals surface area contributed by atoms with E-state index in [1.165, 1.54) is 18.7 Å². The Morgan fingerprint density at radius 2 is 2.06 bits per heavy atom. The number of aliphatic hydroxyl groups is 3. The molecule has 2 heterocycles. The summed E-state index contributed by atoms with van der Waals surface area (Å²) in [5.41, 5.74) is 1.39. The summed E-state index contributed by atoms with van der Waals surface area (Å²) >= 11 is 0. The molecule has 4 N–H and O–H groups in total. The molecule has 182 valence electrons. The average Bonchev–Trinajstić information content (AvgIpc) is 3.26. The fourth-order valence-electron chi connectivity index (χ4n) is 3.55. The highest BCUT2D eigenvalue weighted by Gasteiger charge is 2.46. The third-order valence-corrected chi connectivity index (χ3v) is 5.15. The van der Waals surface area contributed by atoms with Gasteiger partial charge in [0.2, 0.25) is 5.91 Å². The predicted octanol–water partition coefficient (Wildman–Crippen LogP) is -1.07. The van der Waals surface area contributed by atoms with E-state index < -0.39 is 42.7 Å². The van der Waals surface area contributed by atoms with Crippen LogP contribution in [0.1, 0.15) is 6.92 Å². The van der Waals surface area contributed by atoms with Gasteiger partial charge < -0.3 is 39.6 Å². The zero-order valence-electron chi connectivity index (χ0n) is 18.7. The third kappa shape index (κ3) is 6.47. The molecule has 0 aliphatic carbocycles. The van der Waals surface area contributed by atoms with E-state index in [-0.39, 0.29) is 19.8 Å². The fourth-order valence-corrected chi connectivity index (χ4v) is 3.55. The lowest BCUT2D eigenvalue weighted by Gasteiger charge is -2.42. The number of carbonyl (C=O) groups is 1. The van der Waals surface area contributed by atoms with Crippen LogP contribution in [-0.2, 0) is 25.5 Å². The molecule has 0 spiro atoms. The van der Waals surface area contributed by atoms with Crippen molar-refractivity contribution >= 4 is 5.91 Å². The molecule has 1 aromatic carbocycles. The summed E-state index contributed by atoms with van der Waals surface area (Å²) in [7, 11) is 3.01. The molecule has 1 aliphatic heterocycles. The topological polar surface area (TPSA) is 157 Å². The Bertz CT molecular complexity index is 910. The number of benzene rings is 1. The third-order valence-electron chi connectivity index (χ3n) is 5.15. The van der Waals surface area contributed by atoms with Crippen LogP contribution in [-0.4, -0.2) is 100 Å². The number of nitrogens with zero attached hydrogens (tertiary/aromatic N) is 3. The number of hydrogen-bond acceptors (Lipinski definition) is 10. The lowest BCUT2D eigenvalue weighted by atomic mass is 9.96. The largest absolute Gasteiger partial charge is 0.497 e. The molecule has 1 unspecified atom stereocenters. The van der Waals surface area contributed by atoms with Crippen LogP contribution in [0.3, 0.4) is 0 Å². The summed E-state index contributed by atoms with van der Waals surface area (Å²) in [4.78, 5) is 11.6. The van der Waals surface area contributed by atoms with Crippen LogP contribution in [0.4, 0.5) is 0 Å². The van der Waals surface area contributed by atoms with Crippen molar-refractivity contribution in [1.29, 1.82) is 0 Å². The molecule has 0 radical (unpaired) electrons. The highest BCUT2D eigenvalue weighted by Crippen LogP contribution is 2.25. The van der Waals surface area contributed by atoms with Gasteiger partial charge in [0.25, 0.3) is 0 Å². The second-order valence-electron chi connectivity index (χ2n) is 7.75. The molecule has 1 aromatic heterocycles. The van der Waals surface area contributed by atoms with E-state index in [0.717, 1.165) is 5.56 Å². The van der Waals surface area contributed by atoms with E-state index in [2.05, 4.69) is 15.6 Å². The van der Waals surface area contributed by atoms with Crippen LogP contribution in [0.2, 0.25) is 0 Å². The van der Waals surface area contributed by atoms with Crippen molar-refractivity contribution in [2.24, 2.45) is 0 Å². The van der Waals surface area contributed by atoms with Gasteiger partial charge in [-0.1, -0.05) is 17.3 Å². The number of aliphatic hydroxyl groups excluding tert-OH is 3. The number of methoxy groups -OCH3 is 2. The van der Waals surface area contributed by atoms with Gasteiger partial charge in [-0.05, 0) is 12.1 Å². The molecule has 12 nitrogen and oxygen atoms in total. The minimum absolute atomic E-state index is 0.0398. The van der Waals surface area contributed by atoms with E-state index in [0.29, 0.717) is 11.4 Å². The van der Waals surface area contributed by atoms with Gasteiger partial charge in [-0.25, -0.2) is 4.68 Å². The molecule has 0 bridgehead atoms. The lowest BCUT2D eigenvalue weighted by Crippen LogP contribution is -2.64. The van der Waals surface area contributed by atoms with Gasteiger partial charge >= 0.3 is 0 Å². The number of ether oxygens (including phenoxy) is 4. The highest BCUT2D eigenvalue weighted by molar-refractivity contribution is 5.73. The number of carbonyl (C=O) groups excluding carboxylic acids is 1. The summed E-state index contributed by atoms with van der Waals surface area (Å²) in [6.45, 7) is 1.21. The highest BCUT2D eigenvalue weighted by atomic mass is 16.7. The van der Waals surface area contributed by atoms with Crippen LogP contribution in [0.15, 0.2) is 30.5 Å². The second kappa shape index (κ2) is 11.5. The summed E-state index contributed by atoms with van der Waals surface area (Å²) in [5, 5.41) is 41.9. The van der Waals surface area contributed by atoms with Crippen molar-refractivity contribution in [2.75, 3.05) is 27.4 Å². The smallest absolute Gasteiger partial charge is 0.217 e. The van der Waals surface area contributed by atoms with E-state index in [1.54, 1.807) is 13.3 Å². The number of nitrogens with one attached hydrogen (secondary N) is 1. The molecule has 1 amide bonds. The van der Waals surface area contributed by atoms with E-state index in [4.69, 9.17) is 18.9 Å². The molecular formula is C21H30N4O8. The molecule has 12 heteroatoms. The van der Waals surface area contributed by atoms with Gasteiger partial charge in [0.05, 0.1) is 33.1 Å². The van der Waals surface area contributed by atoms with Crippen molar-refractivity contribution in [3.8, 4) is 17.0 Å². The van der Waals surface area contributed by atoms with Crippen molar-refractivity contribution in [3.63, 3.8) is 0 Å². The molecule has 1 fully saturated rings. The van der Waals surface area contributed by atoms with Gasteiger partial charge in [-0.3, -0.25) is 4.79 Å². The first-order chi connectivity index (χ1) is 15.8. The first kappa shape index (κ1) is 25.0. The van der Waals surface area contributed by atoms with E-state index in [9.17, 15) is 20.1 Å². The molecule has 3 rings (SSSR count). The summed E-state index contributed by atoms with van der Waals surface area (Å²) in [6, 6.07) is 6.29. The Labute approximate surface area is 191 Å². The van der Waals surface area contributed by atoms with Crippen molar-refractivity contribution in [2.45, 2.75) is 50.2 Å². The second-order valence-corrected chi connectivity index (χ2v) is 7.75. The van der Waals surface area contributed by atoms with Gasteiger partial charge in [-0.2, -0.15) is 0 Å². The lowest BCUT2D eigenvalue weighted by molar-refractivity contribution is -0.272. The normalized spacial score (nSPS) is 26.1. The molecule has 6 atom stereocenters. The van der Waals surface area contributed by atoms with Crippen LogP contribution in [0, 0.1) is 0 Å². The minimum Gasteiger partial charge on any atom is -0.497 e. The van der Waals surface area contributed by atoms with Crippen LogP contribution in [0.25, 0.3) is 11.3 Å². The molecule has 1 aliphatic rings. The van der Waals surface area contributed by atoms with Crippen molar-refractivity contribution in [3.05, 3.63) is 30.5 Å². The molecule has 0 saturated carbocycles. The quantitative estimate of drug-likeness (QED) is 0.340. The Kier molecular flexibility index (Phi) is 8.72. The van der Waals surface area contributed by atoms with Crippen LogP contribution in [0.5, 0.6) is 5.75 Å². The fraction of sp³-hybridized carbons (Fsp3) is 0.571. The number of hydrogen-bond donors (Lipinski definition) is 4. The predicted molar refractivity (Wildman–Crippen MR) is 114 cm³/mol. The van der Waals surface area contributed by atoms with Crippen LogP contribution >= 0.6 is 0 Å². The zero-order chi connectivity index (χ0) is 24.0. The Balaban J connectivity index is 1.72. The Hall–Kier alpha value is -2.61. The van der Waals surface area contributed by atoms with Crippen molar-refractivity contribution < 1.29 is 39.1 Å². The van der Waals surface area contributed by atoms with E-state index >= 15 is 0 Å². The Morgan fingerprint density at radius 3 is 2.76 bits per heavy atom. The maximum atomic E-state index is 11.6. The van der Waals surface area contributed by atoms with Gasteiger partial charge in [-0.15, -0.1) is 5.10 Å². The van der Waals surface area contributed by atoms with Gasteiger partial charge in [0, 0.05) is 19.6 Å². The number of rotatable bonds is 10. The van der Waals surface area contributed by atoms with E-state index in [1.807, 2.05) is 24.3 Å². The zero-order valence-corrected chi connectivity index (χ0v) is 18.7. The monoisotopic (exact) mass is 466 g/mol. The first-order valence-electron chi connectivity index (χ1n) is 10.4. The van der Waals surface area contributed by atoms with Crippen molar-refractivity contribution in [1.82, 2.24) is 20.3 Å². The molecule has 2 aromatic rings. The first-order valence-corrected chi connectivity index (χ1v) is 10.4.